The third-order valence-corrected chi connectivity index (χ3v) is 7.86. The van der Waals surface area contributed by atoms with Crippen LogP contribution in [-0.2, 0) is 22.4 Å². The van der Waals surface area contributed by atoms with Crippen LogP contribution in [-0.4, -0.2) is 54.7 Å². The number of rotatable bonds is 5. The predicted molar refractivity (Wildman–Crippen MR) is 143 cm³/mol. The second kappa shape index (κ2) is 9.35. The SMILES string of the molecule is CC1(C)Cc2nc(N3CCOCC3Cc3cccc(Nc4ccc5c(c4)OCC(=O)N5)c3)sc2C(=O)N1. The molecule has 10 heteroatoms. The van der Waals surface area contributed by atoms with E-state index in [1.54, 1.807) is 0 Å². The third-order valence-electron chi connectivity index (χ3n) is 6.73. The van der Waals surface area contributed by atoms with Gasteiger partial charge in [0.15, 0.2) is 11.7 Å². The largest absolute Gasteiger partial charge is 0.482 e. The highest BCUT2D eigenvalue weighted by Gasteiger charge is 2.35. The van der Waals surface area contributed by atoms with Gasteiger partial charge < -0.3 is 30.3 Å². The Labute approximate surface area is 219 Å². The van der Waals surface area contributed by atoms with Gasteiger partial charge in [-0.15, -0.1) is 0 Å². The van der Waals surface area contributed by atoms with Crippen LogP contribution in [0.3, 0.4) is 0 Å². The number of hydrogen-bond acceptors (Lipinski definition) is 8. The van der Waals surface area contributed by atoms with E-state index in [9.17, 15) is 9.59 Å². The van der Waals surface area contributed by atoms with Crippen LogP contribution in [0.1, 0.15) is 34.8 Å². The first kappa shape index (κ1) is 23.7. The summed E-state index contributed by atoms with van der Waals surface area (Å²) in [5, 5.41) is 10.2. The number of amides is 2. The van der Waals surface area contributed by atoms with Crippen molar-refractivity contribution in [3.8, 4) is 5.75 Å². The predicted octanol–water partition coefficient (Wildman–Crippen LogP) is 3.73. The first-order valence-electron chi connectivity index (χ1n) is 12.4. The number of benzene rings is 2. The highest BCUT2D eigenvalue weighted by Crippen LogP contribution is 2.35. The summed E-state index contributed by atoms with van der Waals surface area (Å²) in [5.41, 5.74) is 4.29. The molecule has 0 saturated carbocycles. The van der Waals surface area contributed by atoms with Crippen LogP contribution < -0.4 is 25.6 Å². The Kier molecular flexibility index (Phi) is 6.00. The zero-order valence-corrected chi connectivity index (χ0v) is 21.6. The van der Waals surface area contributed by atoms with E-state index < -0.39 is 0 Å². The Morgan fingerprint density at radius 2 is 2.05 bits per heavy atom. The van der Waals surface area contributed by atoms with Gasteiger partial charge in [-0.2, -0.15) is 0 Å². The molecule has 1 atom stereocenters. The van der Waals surface area contributed by atoms with Gasteiger partial charge in [-0.05, 0) is 50.1 Å². The second-order valence-electron chi connectivity index (χ2n) is 10.3. The van der Waals surface area contributed by atoms with Crippen LogP contribution >= 0.6 is 11.3 Å². The molecule has 2 aromatic carbocycles. The van der Waals surface area contributed by atoms with Gasteiger partial charge in [0.2, 0.25) is 0 Å². The van der Waals surface area contributed by atoms with Crippen molar-refractivity contribution in [3.05, 3.63) is 58.6 Å². The highest BCUT2D eigenvalue weighted by atomic mass is 32.1. The van der Waals surface area contributed by atoms with Gasteiger partial charge in [0.25, 0.3) is 11.8 Å². The van der Waals surface area contributed by atoms with Gasteiger partial charge in [0, 0.05) is 35.9 Å². The monoisotopic (exact) mass is 519 g/mol. The zero-order valence-electron chi connectivity index (χ0n) is 20.8. The van der Waals surface area contributed by atoms with Crippen LogP contribution in [0.5, 0.6) is 5.75 Å². The molecule has 3 aliphatic rings. The molecule has 0 aliphatic carbocycles. The average Bonchev–Trinajstić information content (AvgIpc) is 3.28. The number of fused-ring (bicyclic) bond motifs is 2. The van der Waals surface area contributed by atoms with Crippen LogP contribution in [0.2, 0.25) is 0 Å². The fraction of sp³-hybridized carbons (Fsp3) is 0.370. The van der Waals surface area contributed by atoms with Gasteiger partial charge in [-0.3, -0.25) is 9.59 Å². The van der Waals surface area contributed by atoms with E-state index >= 15 is 0 Å². The maximum Gasteiger partial charge on any atom is 0.263 e. The highest BCUT2D eigenvalue weighted by molar-refractivity contribution is 7.17. The van der Waals surface area contributed by atoms with E-state index in [2.05, 4.69) is 33.0 Å². The van der Waals surface area contributed by atoms with Crippen molar-refractivity contribution in [2.24, 2.45) is 0 Å². The molecule has 9 nitrogen and oxygen atoms in total. The molecule has 3 N–H and O–H groups in total. The number of anilines is 4. The van der Waals surface area contributed by atoms with Crippen molar-refractivity contribution in [1.82, 2.24) is 10.3 Å². The minimum absolute atomic E-state index is 0.0242. The maximum atomic E-state index is 12.6. The van der Waals surface area contributed by atoms with E-state index in [1.807, 2.05) is 44.2 Å². The smallest absolute Gasteiger partial charge is 0.263 e. The molecule has 2 amide bonds. The van der Waals surface area contributed by atoms with Gasteiger partial charge in [-0.1, -0.05) is 23.5 Å². The van der Waals surface area contributed by atoms with Crippen molar-refractivity contribution >= 4 is 45.3 Å². The lowest BCUT2D eigenvalue weighted by molar-refractivity contribution is -0.118. The Morgan fingerprint density at radius 3 is 2.95 bits per heavy atom. The zero-order chi connectivity index (χ0) is 25.6. The number of nitrogens with zero attached hydrogens (tertiary/aromatic N) is 2. The summed E-state index contributed by atoms with van der Waals surface area (Å²) in [4.78, 5) is 32.1. The number of nitrogens with one attached hydrogen (secondary N) is 3. The number of carbonyl (C=O) groups is 2. The summed E-state index contributed by atoms with van der Waals surface area (Å²) in [6.07, 6.45) is 1.52. The quantitative estimate of drug-likeness (QED) is 0.472. The van der Waals surface area contributed by atoms with Crippen molar-refractivity contribution in [3.63, 3.8) is 0 Å². The number of aromatic nitrogens is 1. The number of morpholine rings is 1. The molecular formula is C27H29N5O4S. The van der Waals surface area contributed by atoms with Crippen LogP contribution in [0.15, 0.2) is 42.5 Å². The van der Waals surface area contributed by atoms with E-state index in [0.29, 0.717) is 24.7 Å². The average molecular weight is 520 g/mol. The van der Waals surface area contributed by atoms with Crippen molar-refractivity contribution < 1.29 is 19.1 Å². The lowest BCUT2D eigenvalue weighted by atomic mass is 9.94. The van der Waals surface area contributed by atoms with E-state index in [4.69, 9.17) is 14.5 Å². The Balaban J connectivity index is 1.18. The molecule has 192 valence electrons. The van der Waals surface area contributed by atoms with Crippen molar-refractivity contribution in [2.45, 2.75) is 38.3 Å². The Hall–Kier alpha value is -3.63. The summed E-state index contributed by atoms with van der Waals surface area (Å²) in [5.74, 6) is 0.471. The first-order chi connectivity index (χ1) is 17.8. The molecule has 1 fully saturated rings. The fourth-order valence-electron chi connectivity index (χ4n) is 5.03. The van der Waals surface area contributed by atoms with Gasteiger partial charge in [-0.25, -0.2) is 4.98 Å². The Morgan fingerprint density at radius 1 is 1.19 bits per heavy atom. The van der Waals surface area contributed by atoms with E-state index in [-0.39, 0.29) is 30.0 Å². The molecule has 0 bridgehead atoms. The summed E-state index contributed by atoms with van der Waals surface area (Å²) in [6, 6.07) is 14.1. The summed E-state index contributed by atoms with van der Waals surface area (Å²) >= 11 is 1.48. The van der Waals surface area contributed by atoms with Gasteiger partial charge in [0.1, 0.15) is 10.6 Å². The van der Waals surface area contributed by atoms with Gasteiger partial charge in [0.05, 0.1) is 30.6 Å². The number of ether oxygens (including phenoxy) is 2. The molecule has 1 unspecified atom stereocenters. The van der Waals surface area contributed by atoms with Crippen LogP contribution in [0.25, 0.3) is 0 Å². The molecule has 1 saturated heterocycles. The molecule has 3 aliphatic heterocycles. The fourth-order valence-corrected chi connectivity index (χ4v) is 6.10. The second-order valence-corrected chi connectivity index (χ2v) is 11.3. The van der Waals surface area contributed by atoms with Crippen molar-refractivity contribution in [1.29, 1.82) is 0 Å². The molecular weight excluding hydrogens is 490 g/mol. The minimum Gasteiger partial charge on any atom is -0.482 e. The lowest BCUT2D eigenvalue weighted by Gasteiger charge is -2.35. The molecule has 0 radical (unpaired) electrons. The normalized spacial score (nSPS) is 20.3. The van der Waals surface area contributed by atoms with E-state index in [1.165, 1.54) is 16.9 Å². The molecule has 4 heterocycles. The maximum absolute atomic E-state index is 12.6. The Bertz CT molecular complexity index is 1370. The standard InChI is InChI=1S/C27H29N5O4S/c1-27(2)13-21-24(25(34)31-27)37-26(30-21)32-8-9-35-14-19(32)11-16-4-3-5-17(10-16)28-18-6-7-20-22(12-18)36-15-23(33)29-20/h3-7,10,12,19,28H,8-9,11,13-15H2,1-2H3,(H,29,33)(H,31,34). The number of carbonyl (C=O) groups excluding carboxylic acids is 2. The summed E-state index contributed by atoms with van der Waals surface area (Å²) in [6.45, 7) is 6.07. The van der Waals surface area contributed by atoms with Crippen LogP contribution in [0, 0.1) is 0 Å². The summed E-state index contributed by atoms with van der Waals surface area (Å²) in [7, 11) is 0. The topological polar surface area (TPSA) is 105 Å². The minimum atomic E-state index is -0.286. The molecule has 1 aromatic heterocycles. The summed E-state index contributed by atoms with van der Waals surface area (Å²) < 4.78 is 11.4. The van der Waals surface area contributed by atoms with E-state index in [0.717, 1.165) is 46.5 Å². The van der Waals surface area contributed by atoms with Crippen LogP contribution in [0.4, 0.5) is 22.2 Å². The first-order valence-corrected chi connectivity index (χ1v) is 13.2. The number of thiazole rings is 1. The molecule has 6 rings (SSSR count). The number of hydrogen-bond donors (Lipinski definition) is 3. The molecule has 3 aromatic rings. The van der Waals surface area contributed by atoms with Gasteiger partial charge >= 0.3 is 0 Å². The third kappa shape index (κ3) is 4.99. The molecule has 37 heavy (non-hydrogen) atoms. The molecule has 0 spiro atoms. The van der Waals surface area contributed by atoms with Crippen molar-refractivity contribution in [2.75, 3.05) is 41.9 Å². The lowest BCUT2D eigenvalue weighted by Crippen LogP contribution is -2.48.